The molecule has 96 valence electrons. The maximum atomic E-state index is 10.5. The molecule has 3 N–H and O–H groups in total. The lowest BCUT2D eigenvalue weighted by Gasteiger charge is -2.06. The molecule has 5 nitrogen and oxygen atoms in total. The van der Waals surface area contributed by atoms with Crippen LogP contribution in [0.25, 0.3) is 6.08 Å². The molecule has 0 heterocycles. The minimum absolute atomic E-state index is 0.135. The van der Waals surface area contributed by atoms with E-state index in [1.54, 1.807) is 18.2 Å². The number of hydrogen-bond donors (Lipinski definition) is 2. The SMILES string of the molecule is NC(=O)CCOc1ccc(Br)c(/C=C/C(=O)O)c1. The van der Waals surface area contributed by atoms with Crippen molar-refractivity contribution in [1.29, 1.82) is 0 Å². The van der Waals surface area contributed by atoms with E-state index in [9.17, 15) is 9.59 Å². The number of benzene rings is 1. The van der Waals surface area contributed by atoms with E-state index in [0.717, 1.165) is 10.5 Å². The molecule has 6 heteroatoms. The van der Waals surface area contributed by atoms with Crippen molar-refractivity contribution in [3.05, 3.63) is 34.3 Å². The molecule has 0 aliphatic carbocycles. The van der Waals surface area contributed by atoms with Gasteiger partial charge in [-0.1, -0.05) is 15.9 Å². The predicted molar refractivity (Wildman–Crippen MR) is 70.1 cm³/mol. The number of halogens is 1. The Hall–Kier alpha value is -1.82. The molecule has 0 aromatic heterocycles. The molecule has 0 unspecified atom stereocenters. The van der Waals surface area contributed by atoms with Crippen molar-refractivity contribution < 1.29 is 19.4 Å². The summed E-state index contributed by atoms with van der Waals surface area (Å²) in [5.74, 6) is -0.912. The summed E-state index contributed by atoms with van der Waals surface area (Å²) in [6.07, 6.45) is 2.62. The molecule has 0 bridgehead atoms. The third kappa shape index (κ3) is 5.01. The van der Waals surface area contributed by atoms with E-state index < -0.39 is 11.9 Å². The Kier molecular flexibility index (Phi) is 5.38. The second kappa shape index (κ2) is 6.80. The van der Waals surface area contributed by atoms with Gasteiger partial charge in [0.25, 0.3) is 0 Å². The lowest BCUT2D eigenvalue weighted by atomic mass is 10.2. The highest BCUT2D eigenvalue weighted by Crippen LogP contribution is 2.23. The number of hydrogen-bond acceptors (Lipinski definition) is 3. The lowest BCUT2D eigenvalue weighted by molar-refractivity contribution is -0.131. The third-order valence-corrected chi connectivity index (χ3v) is 2.71. The average Bonchev–Trinajstić information content (AvgIpc) is 2.29. The van der Waals surface area contributed by atoms with Crippen LogP contribution in [-0.4, -0.2) is 23.6 Å². The molecule has 0 spiro atoms. The van der Waals surface area contributed by atoms with Gasteiger partial charge in [-0.25, -0.2) is 4.79 Å². The Labute approximate surface area is 112 Å². The minimum atomic E-state index is -1.03. The quantitative estimate of drug-likeness (QED) is 0.784. The van der Waals surface area contributed by atoms with Crippen molar-refractivity contribution >= 4 is 33.9 Å². The van der Waals surface area contributed by atoms with Gasteiger partial charge in [0.05, 0.1) is 13.0 Å². The topological polar surface area (TPSA) is 89.6 Å². The van der Waals surface area contributed by atoms with Crippen molar-refractivity contribution in [3.63, 3.8) is 0 Å². The molecule has 1 amide bonds. The van der Waals surface area contributed by atoms with Crippen LogP contribution in [0.1, 0.15) is 12.0 Å². The molecule has 0 aliphatic heterocycles. The van der Waals surface area contributed by atoms with E-state index in [0.29, 0.717) is 11.3 Å². The Balaban J connectivity index is 2.74. The van der Waals surface area contributed by atoms with Gasteiger partial charge in [-0.05, 0) is 29.8 Å². The maximum Gasteiger partial charge on any atom is 0.328 e. The molecule has 1 aromatic rings. The molecule has 0 saturated carbocycles. The standard InChI is InChI=1S/C12H12BrNO4/c13-10-3-2-9(18-6-5-11(14)15)7-8(10)1-4-12(16)17/h1-4,7H,5-6H2,(H2,14,15)(H,16,17)/b4-1+. The van der Waals surface area contributed by atoms with Gasteiger partial charge in [-0.15, -0.1) is 0 Å². The largest absolute Gasteiger partial charge is 0.493 e. The number of carboxylic acid groups (broad SMARTS) is 1. The van der Waals surface area contributed by atoms with Crippen LogP contribution in [-0.2, 0) is 9.59 Å². The highest BCUT2D eigenvalue weighted by atomic mass is 79.9. The van der Waals surface area contributed by atoms with Crippen LogP contribution in [0.5, 0.6) is 5.75 Å². The van der Waals surface area contributed by atoms with Crippen LogP contribution in [0.3, 0.4) is 0 Å². The molecule has 0 saturated heterocycles. The summed E-state index contributed by atoms with van der Waals surface area (Å²) in [6, 6.07) is 5.12. The maximum absolute atomic E-state index is 10.5. The first-order valence-electron chi connectivity index (χ1n) is 5.10. The van der Waals surface area contributed by atoms with Crippen molar-refractivity contribution in [2.75, 3.05) is 6.61 Å². The normalized spacial score (nSPS) is 10.5. The number of primary amides is 1. The zero-order chi connectivity index (χ0) is 13.5. The summed E-state index contributed by atoms with van der Waals surface area (Å²) in [5.41, 5.74) is 5.66. The van der Waals surface area contributed by atoms with Crippen molar-refractivity contribution in [1.82, 2.24) is 0 Å². The molecule has 0 atom stereocenters. The van der Waals surface area contributed by atoms with E-state index in [1.807, 2.05) is 0 Å². The summed E-state index contributed by atoms with van der Waals surface area (Å²) in [5, 5.41) is 8.55. The molecule has 0 aliphatic rings. The second-order valence-electron chi connectivity index (χ2n) is 3.42. The molecular weight excluding hydrogens is 302 g/mol. The Morgan fingerprint density at radius 2 is 2.17 bits per heavy atom. The summed E-state index contributed by atoms with van der Waals surface area (Å²) >= 11 is 3.30. The van der Waals surface area contributed by atoms with Crippen molar-refractivity contribution in [2.45, 2.75) is 6.42 Å². The van der Waals surface area contributed by atoms with Gasteiger partial charge in [-0.2, -0.15) is 0 Å². The van der Waals surface area contributed by atoms with Gasteiger partial charge >= 0.3 is 5.97 Å². The van der Waals surface area contributed by atoms with E-state index >= 15 is 0 Å². The fourth-order valence-electron chi connectivity index (χ4n) is 1.17. The van der Waals surface area contributed by atoms with Gasteiger partial charge < -0.3 is 15.6 Å². The zero-order valence-electron chi connectivity index (χ0n) is 9.43. The van der Waals surface area contributed by atoms with Gasteiger partial charge in [0, 0.05) is 10.5 Å². The molecule has 0 fully saturated rings. The smallest absolute Gasteiger partial charge is 0.328 e. The Morgan fingerprint density at radius 3 is 2.78 bits per heavy atom. The van der Waals surface area contributed by atoms with Crippen LogP contribution in [0.4, 0.5) is 0 Å². The number of carbonyl (C=O) groups excluding carboxylic acids is 1. The number of aliphatic carboxylic acids is 1. The fraction of sp³-hybridized carbons (Fsp3) is 0.167. The molecule has 0 radical (unpaired) electrons. The molecule has 1 rings (SSSR count). The van der Waals surface area contributed by atoms with E-state index in [-0.39, 0.29) is 13.0 Å². The number of nitrogens with two attached hydrogens (primary N) is 1. The number of rotatable bonds is 6. The molecule has 18 heavy (non-hydrogen) atoms. The van der Waals surface area contributed by atoms with Crippen LogP contribution in [0, 0.1) is 0 Å². The average molecular weight is 314 g/mol. The number of ether oxygens (including phenoxy) is 1. The van der Waals surface area contributed by atoms with Gasteiger partial charge in [-0.3, -0.25) is 4.79 Å². The molecular formula is C12H12BrNO4. The summed E-state index contributed by atoms with van der Waals surface area (Å²) < 4.78 is 6.07. The van der Waals surface area contributed by atoms with E-state index in [4.69, 9.17) is 15.6 Å². The Bertz CT molecular complexity index is 485. The second-order valence-corrected chi connectivity index (χ2v) is 4.27. The van der Waals surface area contributed by atoms with Crippen molar-refractivity contribution in [2.24, 2.45) is 5.73 Å². The number of carbonyl (C=O) groups is 2. The van der Waals surface area contributed by atoms with E-state index in [1.165, 1.54) is 6.08 Å². The first-order valence-corrected chi connectivity index (χ1v) is 5.90. The Morgan fingerprint density at radius 1 is 1.44 bits per heavy atom. The van der Waals surface area contributed by atoms with Crippen LogP contribution in [0.15, 0.2) is 28.7 Å². The minimum Gasteiger partial charge on any atom is -0.493 e. The van der Waals surface area contributed by atoms with E-state index in [2.05, 4.69) is 15.9 Å². The first kappa shape index (κ1) is 14.2. The van der Waals surface area contributed by atoms with Crippen LogP contribution >= 0.6 is 15.9 Å². The third-order valence-electron chi connectivity index (χ3n) is 1.99. The van der Waals surface area contributed by atoms with Gasteiger partial charge in [0.2, 0.25) is 5.91 Å². The molecule has 1 aromatic carbocycles. The highest BCUT2D eigenvalue weighted by Gasteiger charge is 2.02. The van der Waals surface area contributed by atoms with Crippen LogP contribution < -0.4 is 10.5 Å². The van der Waals surface area contributed by atoms with Crippen molar-refractivity contribution in [3.8, 4) is 5.75 Å². The zero-order valence-corrected chi connectivity index (χ0v) is 11.0. The predicted octanol–water partition coefficient (Wildman–Crippen LogP) is 1.80. The lowest BCUT2D eigenvalue weighted by Crippen LogP contribution is -2.14. The number of amides is 1. The van der Waals surface area contributed by atoms with Gasteiger partial charge in [0.1, 0.15) is 5.75 Å². The summed E-state index contributed by atoms with van der Waals surface area (Å²) in [4.78, 5) is 21.0. The van der Waals surface area contributed by atoms with Gasteiger partial charge in [0.15, 0.2) is 0 Å². The van der Waals surface area contributed by atoms with Crippen LogP contribution in [0.2, 0.25) is 0 Å². The number of carboxylic acids is 1. The summed E-state index contributed by atoms with van der Waals surface area (Å²) in [7, 11) is 0. The fourth-order valence-corrected chi connectivity index (χ4v) is 1.55. The monoisotopic (exact) mass is 313 g/mol. The first-order chi connectivity index (χ1) is 8.49. The summed E-state index contributed by atoms with van der Waals surface area (Å²) in [6.45, 7) is 0.194. The highest BCUT2D eigenvalue weighted by molar-refractivity contribution is 9.10.